The molecule has 4 aromatic rings. The fraction of sp³-hybridized carbons (Fsp3) is 0.200. The number of fused-ring (bicyclic) bond motifs is 1. The Morgan fingerprint density at radius 2 is 1.55 bits per heavy atom. The van der Waals surface area contributed by atoms with E-state index in [1.807, 2.05) is 67.8 Å². The van der Waals surface area contributed by atoms with E-state index in [2.05, 4.69) is 46.8 Å². The molecular formula is C25H27N3O. The second-order valence-electron chi connectivity index (χ2n) is 6.61. The van der Waals surface area contributed by atoms with Gasteiger partial charge in [0.25, 0.3) is 5.91 Å². The lowest BCUT2D eigenvalue weighted by atomic mass is 10.1. The summed E-state index contributed by atoms with van der Waals surface area (Å²) in [5.74, 6) is -0.143. The van der Waals surface area contributed by atoms with Gasteiger partial charge in [-0.25, -0.2) is 4.52 Å². The fourth-order valence-corrected chi connectivity index (χ4v) is 3.23. The molecule has 0 atom stereocenters. The predicted octanol–water partition coefficient (Wildman–Crippen LogP) is 5.31. The molecule has 0 aliphatic heterocycles. The number of nitrogens with one attached hydrogen (secondary N) is 1. The van der Waals surface area contributed by atoms with Gasteiger partial charge >= 0.3 is 0 Å². The second-order valence-corrected chi connectivity index (χ2v) is 6.61. The maximum atomic E-state index is 12.5. The van der Waals surface area contributed by atoms with Gasteiger partial charge in [0.2, 0.25) is 0 Å². The molecule has 0 radical (unpaired) electrons. The highest BCUT2D eigenvalue weighted by atomic mass is 16.1. The largest absolute Gasteiger partial charge is 0.350 e. The lowest BCUT2D eigenvalue weighted by Gasteiger charge is -2.05. The molecule has 0 spiro atoms. The minimum Gasteiger partial charge on any atom is -0.350 e. The number of aromatic nitrogens is 2. The van der Waals surface area contributed by atoms with Gasteiger partial charge in [-0.15, -0.1) is 0 Å². The summed E-state index contributed by atoms with van der Waals surface area (Å²) >= 11 is 0. The molecule has 1 N–H and O–H groups in total. The second kappa shape index (κ2) is 9.69. The van der Waals surface area contributed by atoms with Crippen molar-refractivity contribution in [3.05, 3.63) is 95.8 Å². The Hall–Kier alpha value is -3.40. The highest BCUT2D eigenvalue weighted by molar-refractivity contribution is 5.93. The first-order valence-electron chi connectivity index (χ1n) is 10.1. The van der Waals surface area contributed by atoms with Gasteiger partial charge < -0.3 is 5.32 Å². The molecule has 2 aromatic heterocycles. The zero-order valence-electron chi connectivity index (χ0n) is 17.2. The Balaban J connectivity index is 0.00000117. The predicted molar refractivity (Wildman–Crippen MR) is 119 cm³/mol. The van der Waals surface area contributed by atoms with Crippen molar-refractivity contribution in [2.45, 2.75) is 27.2 Å². The smallest absolute Gasteiger partial charge is 0.271 e. The summed E-state index contributed by atoms with van der Waals surface area (Å²) in [6.07, 6.45) is 0.803. The lowest BCUT2D eigenvalue weighted by molar-refractivity contribution is 0.0949. The van der Waals surface area contributed by atoms with E-state index in [0.29, 0.717) is 12.2 Å². The number of carbonyl (C=O) groups is 1. The molecule has 2 aromatic carbocycles. The van der Waals surface area contributed by atoms with Crippen LogP contribution in [0.5, 0.6) is 0 Å². The van der Waals surface area contributed by atoms with Crippen molar-refractivity contribution in [3.8, 4) is 11.1 Å². The molecule has 0 aliphatic carbocycles. The van der Waals surface area contributed by atoms with Gasteiger partial charge in [-0.3, -0.25) is 4.79 Å². The Labute approximate surface area is 172 Å². The molecule has 29 heavy (non-hydrogen) atoms. The molecule has 4 rings (SSSR count). The Morgan fingerprint density at radius 1 is 0.897 bits per heavy atom. The van der Waals surface area contributed by atoms with Crippen LogP contribution < -0.4 is 5.32 Å². The average molecular weight is 386 g/mol. The molecule has 0 saturated heterocycles. The van der Waals surface area contributed by atoms with Crippen LogP contribution in [-0.2, 0) is 6.42 Å². The van der Waals surface area contributed by atoms with Crippen LogP contribution in [0.2, 0.25) is 0 Å². The van der Waals surface area contributed by atoms with Crippen LogP contribution in [0.25, 0.3) is 16.6 Å². The third kappa shape index (κ3) is 4.91. The van der Waals surface area contributed by atoms with E-state index in [0.717, 1.165) is 28.8 Å². The third-order valence-corrected chi connectivity index (χ3v) is 4.62. The van der Waals surface area contributed by atoms with Crippen molar-refractivity contribution in [1.29, 1.82) is 0 Å². The standard InChI is InChI=1S/C23H21N3O.C2H6/c1-17-14-20(19-10-6-3-7-11-19)15-21-16-22(25-26(17)21)23(27)24-13-12-18-8-4-2-5-9-18;1-2/h2-11,14-16H,12-13H2,1H3,(H,24,27);1-2H3. The monoisotopic (exact) mass is 385 g/mol. The van der Waals surface area contributed by atoms with Crippen molar-refractivity contribution in [2.75, 3.05) is 6.54 Å². The molecule has 0 saturated carbocycles. The first-order valence-corrected chi connectivity index (χ1v) is 10.1. The average Bonchev–Trinajstić information content (AvgIpc) is 3.22. The highest BCUT2D eigenvalue weighted by Crippen LogP contribution is 2.23. The number of hydrogen-bond acceptors (Lipinski definition) is 2. The quantitative estimate of drug-likeness (QED) is 0.506. The summed E-state index contributed by atoms with van der Waals surface area (Å²) in [4.78, 5) is 12.5. The summed E-state index contributed by atoms with van der Waals surface area (Å²) in [5, 5.41) is 7.44. The summed E-state index contributed by atoms with van der Waals surface area (Å²) in [7, 11) is 0. The Morgan fingerprint density at radius 3 is 2.24 bits per heavy atom. The van der Waals surface area contributed by atoms with E-state index in [9.17, 15) is 4.79 Å². The van der Waals surface area contributed by atoms with Crippen LogP contribution in [0.4, 0.5) is 0 Å². The summed E-state index contributed by atoms with van der Waals surface area (Å²) in [6, 6.07) is 26.3. The fourth-order valence-electron chi connectivity index (χ4n) is 3.23. The third-order valence-electron chi connectivity index (χ3n) is 4.62. The van der Waals surface area contributed by atoms with Crippen molar-refractivity contribution in [1.82, 2.24) is 14.9 Å². The van der Waals surface area contributed by atoms with Gasteiger partial charge in [0.1, 0.15) is 0 Å². The molecule has 4 nitrogen and oxygen atoms in total. The van der Waals surface area contributed by atoms with E-state index < -0.39 is 0 Å². The Kier molecular flexibility index (Phi) is 6.80. The molecule has 1 amide bonds. The number of rotatable bonds is 5. The molecule has 2 heterocycles. The number of carbonyl (C=O) groups excluding carboxylic acids is 1. The topological polar surface area (TPSA) is 46.4 Å². The molecular weight excluding hydrogens is 358 g/mol. The van der Waals surface area contributed by atoms with Gasteiger partial charge in [0, 0.05) is 12.2 Å². The van der Waals surface area contributed by atoms with E-state index in [1.165, 1.54) is 5.56 Å². The van der Waals surface area contributed by atoms with Crippen LogP contribution >= 0.6 is 0 Å². The minimum absolute atomic E-state index is 0.143. The molecule has 0 aliphatic rings. The van der Waals surface area contributed by atoms with Crippen LogP contribution in [0.1, 0.15) is 35.6 Å². The van der Waals surface area contributed by atoms with Crippen molar-refractivity contribution >= 4 is 11.4 Å². The lowest BCUT2D eigenvalue weighted by Crippen LogP contribution is -2.26. The van der Waals surface area contributed by atoms with E-state index in [-0.39, 0.29) is 5.91 Å². The number of benzene rings is 2. The van der Waals surface area contributed by atoms with Gasteiger partial charge in [0.05, 0.1) is 5.52 Å². The van der Waals surface area contributed by atoms with E-state index in [4.69, 9.17) is 0 Å². The van der Waals surface area contributed by atoms with Gasteiger partial charge in [-0.1, -0.05) is 74.5 Å². The van der Waals surface area contributed by atoms with Gasteiger partial charge in [0.15, 0.2) is 5.69 Å². The maximum Gasteiger partial charge on any atom is 0.271 e. The number of aryl methyl sites for hydroxylation is 1. The number of pyridine rings is 1. The van der Waals surface area contributed by atoms with Crippen LogP contribution in [0.15, 0.2) is 78.9 Å². The first-order chi connectivity index (χ1) is 14.2. The van der Waals surface area contributed by atoms with Crippen LogP contribution in [0.3, 0.4) is 0 Å². The first kappa shape index (κ1) is 20.3. The normalized spacial score (nSPS) is 10.3. The Bertz CT molecular complexity index is 1070. The highest BCUT2D eigenvalue weighted by Gasteiger charge is 2.12. The minimum atomic E-state index is -0.143. The zero-order valence-corrected chi connectivity index (χ0v) is 17.2. The molecule has 148 valence electrons. The molecule has 0 bridgehead atoms. The summed E-state index contributed by atoms with van der Waals surface area (Å²) in [6.45, 7) is 6.59. The summed E-state index contributed by atoms with van der Waals surface area (Å²) in [5.41, 5.74) is 5.83. The summed E-state index contributed by atoms with van der Waals surface area (Å²) < 4.78 is 1.82. The molecule has 4 heteroatoms. The van der Waals surface area contributed by atoms with E-state index >= 15 is 0 Å². The van der Waals surface area contributed by atoms with Gasteiger partial charge in [-0.2, -0.15) is 5.10 Å². The molecule has 0 unspecified atom stereocenters. The maximum absolute atomic E-state index is 12.5. The molecule has 0 fully saturated rings. The number of amides is 1. The number of nitrogens with zero attached hydrogens (tertiary/aromatic N) is 2. The van der Waals surface area contributed by atoms with Gasteiger partial charge in [-0.05, 0) is 48.2 Å². The van der Waals surface area contributed by atoms with Crippen molar-refractivity contribution in [2.24, 2.45) is 0 Å². The van der Waals surface area contributed by atoms with Crippen molar-refractivity contribution in [3.63, 3.8) is 0 Å². The van der Waals surface area contributed by atoms with Crippen LogP contribution in [0, 0.1) is 6.92 Å². The van der Waals surface area contributed by atoms with Crippen LogP contribution in [-0.4, -0.2) is 22.1 Å². The number of hydrogen-bond donors (Lipinski definition) is 1. The SMILES string of the molecule is CC.Cc1cc(-c2ccccc2)cc2cc(C(=O)NCCc3ccccc3)nn12. The van der Waals surface area contributed by atoms with E-state index in [1.54, 1.807) is 0 Å². The van der Waals surface area contributed by atoms with Crippen molar-refractivity contribution < 1.29 is 4.79 Å². The zero-order chi connectivity index (χ0) is 20.6.